The summed E-state index contributed by atoms with van der Waals surface area (Å²) >= 11 is 9.63. The second-order valence-electron chi connectivity index (χ2n) is 7.28. The Hall–Kier alpha value is -0.780. The lowest BCUT2D eigenvalue weighted by molar-refractivity contribution is 0.00698. The minimum absolute atomic E-state index is 0.0894. The molecule has 1 N–H and O–H groups in total. The van der Waals surface area contributed by atoms with Gasteiger partial charge in [-0.3, -0.25) is 0 Å². The number of hydrogen-bond acceptors (Lipinski definition) is 3. The molecule has 2 unspecified atom stereocenters. The number of ether oxygens (including phenoxy) is 1. The third-order valence-electron chi connectivity index (χ3n) is 4.18. The fourth-order valence-corrected chi connectivity index (χ4v) is 3.50. The lowest BCUT2D eigenvalue weighted by atomic mass is 9.97. The second kappa shape index (κ2) is 8.07. The van der Waals surface area contributed by atoms with Crippen molar-refractivity contribution in [2.75, 3.05) is 6.54 Å². The number of nitrogens with one attached hydrogen (secondary N) is 1. The molecule has 0 spiro atoms. The van der Waals surface area contributed by atoms with Gasteiger partial charge in [-0.05, 0) is 64.3 Å². The van der Waals surface area contributed by atoms with E-state index in [9.17, 15) is 4.79 Å². The molecule has 24 heavy (non-hydrogen) atoms. The second-order valence-corrected chi connectivity index (χ2v) is 8.57. The lowest BCUT2D eigenvalue weighted by Gasteiger charge is -2.40. The molecule has 1 heterocycles. The molecule has 0 aromatic heterocycles. The average Bonchev–Trinajstić information content (AvgIpc) is 2.47. The average molecular weight is 418 g/mol. The van der Waals surface area contributed by atoms with E-state index in [0.29, 0.717) is 6.54 Å². The molecule has 6 heteroatoms. The van der Waals surface area contributed by atoms with Gasteiger partial charge < -0.3 is 15.0 Å². The zero-order chi connectivity index (χ0) is 17.9. The van der Waals surface area contributed by atoms with Gasteiger partial charge in [-0.1, -0.05) is 27.5 Å². The summed E-state index contributed by atoms with van der Waals surface area (Å²) in [4.78, 5) is 14.2. The van der Waals surface area contributed by atoms with Crippen molar-refractivity contribution < 1.29 is 9.53 Å². The van der Waals surface area contributed by atoms with Gasteiger partial charge in [0.05, 0.1) is 0 Å². The van der Waals surface area contributed by atoms with Gasteiger partial charge in [-0.2, -0.15) is 0 Å². The SMILES string of the molecule is CC1C(NCc2cc(Cl)ccc2Br)CCCN1C(=O)OC(C)(C)C. The minimum atomic E-state index is -0.469. The molecule has 1 fully saturated rings. The predicted molar refractivity (Wildman–Crippen MR) is 101 cm³/mol. The first kappa shape index (κ1) is 19.5. The number of carbonyl (C=O) groups excluding carboxylic acids is 1. The highest BCUT2D eigenvalue weighted by molar-refractivity contribution is 9.10. The van der Waals surface area contributed by atoms with Crippen LogP contribution in [0.2, 0.25) is 5.02 Å². The van der Waals surface area contributed by atoms with Crippen molar-refractivity contribution in [1.82, 2.24) is 10.2 Å². The van der Waals surface area contributed by atoms with Crippen molar-refractivity contribution in [2.24, 2.45) is 0 Å². The molecule has 1 aliphatic heterocycles. The van der Waals surface area contributed by atoms with Crippen molar-refractivity contribution in [3.05, 3.63) is 33.3 Å². The lowest BCUT2D eigenvalue weighted by Crippen LogP contribution is -2.55. The Bertz CT molecular complexity index is 589. The molecule has 0 aliphatic carbocycles. The molecule has 2 rings (SSSR count). The molecular weight excluding hydrogens is 392 g/mol. The summed E-state index contributed by atoms with van der Waals surface area (Å²) in [6.45, 7) is 9.21. The van der Waals surface area contributed by atoms with E-state index < -0.39 is 5.60 Å². The smallest absolute Gasteiger partial charge is 0.410 e. The van der Waals surface area contributed by atoms with Crippen molar-refractivity contribution in [3.8, 4) is 0 Å². The van der Waals surface area contributed by atoms with Gasteiger partial charge in [0.15, 0.2) is 0 Å². The van der Waals surface area contributed by atoms with E-state index in [4.69, 9.17) is 16.3 Å². The van der Waals surface area contributed by atoms with Crippen LogP contribution in [0.3, 0.4) is 0 Å². The van der Waals surface area contributed by atoms with Crippen LogP contribution in [0.1, 0.15) is 46.1 Å². The van der Waals surface area contributed by atoms with Gasteiger partial charge in [0.1, 0.15) is 5.60 Å². The molecule has 0 bridgehead atoms. The fourth-order valence-electron chi connectivity index (χ4n) is 2.91. The standard InChI is InChI=1S/C18H26BrClN2O2/c1-12-16(21-11-13-10-14(20)7-8-15(13)19)6-5-9-22(12)17(23)24-18(2,3)4/h7-8,10,12,16,21H,5-6,9,11H2,1-4H3. The normalized spacial score (nSPS) is 21.7. The first-order chi connectivity index (χ1) is 11.2. The van der Waals surface area contributed by atoms with Crippen LogP contribution in [-0.4, -0.2) is 35.2 Å². The number of rotatable bonds is 3. The highest BCUT2D eigenvalue weighted by Gasteiger charge is 2.33. The van der Waals surface area contributed by atoms with Crippen LogP contribution in [0.5, 0.6) is 0 Å². The Labute approximate surface area is 158 Å². The van der Waals surface area contributed by atoms with E-state index in [0.717, 1.165) is 34.4 Å². The Balaban J connectivity index is 1.98. The summed E-state index contributed by atoms with van der Waals surface area (Å²) in [5, 5.41) is 4.29. The van der Waals surface area contributed by atoms with Crippen LogP contribution in [-0.2, 0) is 11.3 Å². The van der Waals surface area contributed by atoms with Crippen molar-refractivity contribution in [2.45, 2.75) is 64.8 Å². The highest BCUT2D eigenvalue weighted by atomic mass is 79.9. The third kappa shape index (κ3) is 5.36. The summed E-state index contributed by atoms with van der Waals surface area (Å²) in [7, 11) is 0. The molecule has 1 saturated heterocycles. The largest absolute Gasteiger partial charge is 0.444 e. The van der Waals surface area contributed by atoms with Crippen molar-refractivity contribution in [1.29, 1.82) is 0 Å². The van der Waals surface area contributed by atoms with Crippen LogP contribution in [0, 0.1) is 0 Å². The zero-order valence-corrected chi connectivity index (χ0v) is 17.1. The summed E-state index contributed by atoms with van der Waals surface area (Å²) in [6, 6.07) is 6.10. The van der Waals surface area contributed by atoms with Gasteiger partial charge in [0.25, 0.3) is 0 Å². The van der Waals surface area contributed by atoms with Crippen LogP contribution < -0.4 is 5.32 Å². The van der Waals surface area contributed by atoms with E-state index in [1.807, 2.05) is 43.9 Å². The van der Waals surface area contributed by atoms with Crippen molar-refractivity contribution >= 4 is 33.6 Å². The molecule has 2 atom stereocenters. The molecular formula is C18H26BrClN2O2. The van der Waals surface area contributed by atoms with E-state index in [-0.39, 0.29) is 18.2 Å². The van der Waals surface area contributed by atoms with Gasteiger partial charge in [0, 0.05) is 34.7 Å². The molecule has 0 radical (unpaired) electrons. The number of hydrogen-bond donors (Lipinski definition) is 1. The monoisotopic (exact) mass is 416 g/mol. The number of likely N-dealkylation sites (tertiary alicyclic amines) is 1. The number of piperidine rings is 1. The van der Waals surface area contributed by atoms with Crippen LogP contribution in [0.4, 0.5) is 4.79 Å². The summed E-state index contributed by atoms with van der Waals surface area (Å²) < 4.78 is 6.56. The molecule has 1 aromatic carbocycles. The maximum absolute atomic E-state index is 12.4. The summed E-state index contributed by atoms with van der Waals surface area (Å²) in [6.07, 6.45) is 1.78. The Morgan fingerprint density at radius 1 is 1.46 bits per heavy atom. The Kier molecular flexibility index (Phi) is 6.57. The number of halogens is 2. The Morgan fingerprint density at radius 3 is 2.83 bits per heavy atom. The quantitative estimate of drug-likeness (QED) is 0.754. The number of nitrogens with zero attached hydrogens (tertiary/aromatic N) is 1. The maximum atomic E-state index is 12.4. The van der Waals surface area contributed by atoms with Gasteiger partial charge >= 0.3 is 6.09 Å². The van der Waals surface area contributed by atoms with Crippen LogP contribution in [0.15, 0.2) is 22.7 Å². The van der Waals surface area contributed by atoms with Crippen LogP contribution >= 0.6 is 27.5 Å². The van der Waals surface area contributed by atoms with Gasteiger partial charge in [-0.15, -0.1) is 0 Å². The van der Waals surface area contributed by atoms with E-state index in [2.05, 4.69) is 28.2 Å². The van der Waals surface area contributed by atoms with Crippen molar-refractivity contribution in [3.63, 3.8) is 0 Å². The topological polar surface area (TPSA) is 41.6 Å². The number of benzene rings is 1. The zero-order valence-electron chi connectivity index (χ0n) is 14.7. The summed E-state index contributed by atoms with van der Waals surface area (Å²) in [5.41, 5.74) is 0.645. The van der Waals surface area contributed by atoms with Crippen LogP contribution in [0.25, 0.3) is 0 Å². The maximum Gasteiger partial charge on any atom is 0.410 e. The third-order valence-corrected chi connectivity index (χ3v) is 5.19. The fraction of sp³-hybridized carbons (Fsp3) is 0.611. The molecule has 1 aliphatic rings. The van der Waals surface area contributed by atoms with E-state index >= 15 is 0 Å². The minimum Gasteiger partial charge on any atom is -0.444 e. The molecule has 134 valence electrons. The van der Waals surface area contributed by atoms with E-state index in [1.165, 1.54) is 0 Å². The van der Waals surface area contributed by atoms with E-state index in [1.54, 1.807) is 0 Å². The first-order valence-electron chi connectivity index (χ1n) is 8.34. The first-order valence-corrected chi connectivity index (χ1v) is 9.51. The highest BCUT2D eigenvalue weighted by Crippen LogP contribution is 2.24. The van der Waals surface area contributed by atoms with Gasteiger partial charge in [-0.25, -0.2) is 4.79 Å². The molecule has 1 aromatic rings. The molecule has 0 saturated carbocycles. The van der Waals surface area contributed by atoms with Gasteiger partial charge in [0.2, 0.25) is 0 Å². The number of carbonyl (C=O) groups is 1. The number of amides is 1. The summed E-state index contributed by atoms with van der Waals surface area (Å²) in [5.74, 6) is 0. The predicted octanol–water partition coefficient (Wildman–Crippen LogP) is 4.98. The molecule has 1 amide bonds. The molecule has 4 nitrogen and oxygen atoms in total. The Morgan fingerprint density at radius 2 is 2.17 bits per heavy atom.